The topological polar surface area (TPSA) is 37.0 Å². The van der Waals surface area contributed by atoms with Gasteiger partial charge in [-0.3, -0.25) is 0 Å². The van der Waals surface area contributed by atoms with E-state index >= 15 is 0 Å². The summed E-state index contributed by atoms with van der Waals surface area (Å²) >= 11 is 6.13. The molecule has 0 saturated heterocycles. The van der Waals surface area contributed by atoms with Crippen molar-refractivity contribution in [1.29, 1.82) is 0 Å². The van der Waals surface area contributed by atoms with Crippen molar-refractivity contribution in [2.45, 2.75) is 33.4 Å². The number of halogens is 1. The summed E-state index contributed by atoms with van der Waals surface area (Å²) in [5.41, 5.74) is 3.50. The molecule has 0 aliphatic carbocycles. The van der Waals surface area contributed by atoms with Crippen molar-refractivity contribution in [2.75, 3.05) is 7.11 Å². The van der Waals surface area contributed by atoms with E-state index in [0.717, 1.165) is 23.2 Å². The largest absolute Gasteiger partial charge is 0.495 e. The quantitative estimate of drug-likeness (QED) is 0.887. The molecule has 0 unspecified atom stereocenters. The summed E-state index contributed by atoms with van der Waals surface area (Å²) in [4.78, 5) is 3.41. The summed E-state index contributed by atoms with van der Waals surface area (Å²) in [6, 6.07) is 4.37. The first-order valence-corrected chi connectivity index (χ1v) is 6.48. The van der Waals surface area contributed by atoms with E-state index in [0.29, 0.717) is 11.1 Å². The van der Waals surface area contributed by atoms with Gasteiger partial charge in [0.25, 0.3) is 0 Å². The Bertz CT molecular complexity index is 560. The highest BCUT2D eigenvalue weighted by atomic mass is 35.5. The molecule has 1 heterocycles. The molecule has 3 nitrogen and oxygen atoms in total. The molecule has 1 aromatic heterocycles. The van der Waals surface area contributed by atoms with Crippen molar-refractivity contribution in [2.24, 2.45) is 0 Å². The van der Waals surface area contributed by atoms with Gasteiger partial charge in [-0.25, -0.2) is 0 Å². The molecular formula is C14H19ClN2O. The minimum atomic E-state index is 0.467. The SMILES string of the molecule is COc1cc2c(C)c(CNC(C)C)[nH]c2cc1Cl. The maximum atomic E-state index is 6.13. The van der Waals surface area contributed by atoms with Gasteiger partial charge in [0, 0.05) is 29.2 Å². The lowest BCUT2D eigenvalue weighted by Gasteiger charge is -2.07. The van der Waals surface area contributed by atoms with E-state index in [2.05, 4.69) is 31.1 Å². The molecule has 1 aromatic carbocycles. The first kappa shape index (κ1) is 13.2. The van der Waals surface area contributed by atoms with Crippen LogP contribution in [-0.4, -0.2) is 18.1 Å². The van der Waals surface area contributed by atoms with Gasteiger partial charge in [-0.2, -0.15) is 0 Å². The fourth-order valence-corrected chi connectivity index (χ4v) is 2.27. The maximum absolute atomic E-state index is 6.13. The van der Waals surface area contributed by atoms with E-state index in [-0.39, 0.29) is 0 Å². The highest BCUT2D eigenvalue weighted by molar-refractivity contribution is 6.32. The van der Waals surface area contributed by atoms with Gasteiger partial charge in [-0.1, -0.05) is 25.4 Å². The normalized spacial score (nSPS) is 11.4. The molecule has 0 bridgehead atoms. The van der Waals surface area contributed by atoms with Crippen LogP contribution in [0.1, 0.15) is 25.1 Å². The van der Waals surface area contributed by atoms with Crippen molar-refractivity contribution in [1.82, 2.24) is 10.3 Å². The van der Waals surface area contributed by atoms with Crippen molar-refractivity contribution in [3.8, 4) is 5.75 Å². The lowest BCUT2D eigenvalue weighted by Crippen LogP contribution is -2.22. The molecular weight excluding hydrogens is 248 g/mol. The van der Waals surface area contributed by atoms with Gasteiger partial charge in [0.1, 0.15) is 5.75 Å². The molecule has 0 aliphatic rings. The van der Waals surface area contributed by atoms with Crippen molar-refractivity contribution < 1.29 is 4.74 Å². The second kappa shape index (κ2) is 5.21. The smallest absolute Gasteiger partial charge is 0.138 e. The Morgan fingerprint density at radius 1 is 1.39 bits per heavy atom. The van der Waals surface area contributed by atoms with E-state index in [9.17, 15) is 0 Å². The number of nitrogens with one attached hydrogen (secondary N) is 2. The predicted octanol–water partition coefficient (Wildman–Crippen LogP) is 3.64. The Labute approximate surface area is 112 Å². The van der Waals surface area contributed by atoms with Crippen LogP contribution in [-0.2, 0) is 6.54 Å². The molecule has 0 fully saturated rings. The van der Waals surface area contributed by atoms with E-state index < -0.39 is 0 Å². The number of H-pyrrole nitrogens is 1. The van der Waals surface area contributed by atoms with Gasteiger partial charge in [0.2, 0.25) is 0 Å². The molecule has 4 heteroatoms. The molecule has 0 amide bonds. The monoisotopic (exact) mass is 266 g/mol. The molecule has 18 heavy (non-hydrogen) atoms. The lowest BCUT2D eigenvalue weighted by molar-refractivity contribution is 0.415. The van der Waals surface area contributed by atoms with E-state index in [4.69, 9.17) is 16.3 Å². The van der Waals surface area contributed by atoms with Crippen molar-refractivity contribution >= 4 is 22.5 Å². The van der Waals surface area contributed by atoms with E-state index in [1.807, 2.05) is 12.1 Å². The summed E-state index contributed by atoms with van der Waals surface area (Å²) in [6.07, 6.45) is 0. The number of fused-ring (bicyclic) bond motifs is 1. The van der Waals surface area contributed by atoms with Crippen LogP contribution in [0, 0.1) is 6.92 Å². The fourth-order valence-electron chi connectivity index (χ4n) is 2.03. The highest BCUT2D eigenvalue weighted by Crippen LogP contribution is 2.32. The van der Waals surface area contributed by atoms with Crippen LogP contribution in [0.25, 0.3) is 10.9 Å². The van der Waals surface area contributed by atoms with Gasteiger partial charge in [-0.05, 0) is 24.6 Å². The first-order chi connectivity index (χ1) is 8.52. The molecule has 0 atom stereocenters. The molecule has 98 valence electrons. The van der Waals surface area contributed by atoms with Gasteiger partial charge in [0.15, 0.2) is 0 Å². The second-order valence-electron chi connectivity index (χ2n) is 4.80. The number of ether oxygens (including phenoxy) is 1. The zero-order valence-corrected chi connectivity index (χ0v) is 12.0. The maximum Gasteiger partial charge on any atom is 0.138 e. The molecule has 0 radical (unpaired) electrons. The zero-order chi connectivity index (χ0) is 13.3. The Hall–Kier alpha value is -1.19. The fraction of sp³-hybridized carbons (Fsp3) is 0.429. The average molecular weight is 267 g/mol. The highest BCUT2D eigenvalue weighted by Gasteiger charge is 2.11. The Morgan fingerprint density at radius 3 is 2.72 bits per heavy atom. The summed E-state index contributed by atoms with van der Waals surface area (Å²) in [5.74, 6) is 0.717. The minimum absolute atomic E-state index is 0.467. The Kier molecular flexibility index (Phi) is 3.83. The van der Waals surface area contributed by atoms with Gasteiger partial charge in [0.05, 0.1) is 12.1 Å². The van der Waals surface area contributed by atoms with Crippen molar-refractivity contribution in [3.05, 3.63) is 28.4 Å². The van der Waals surface area contributed by atoms with Crippen LogP contribution >= 0.6 is 11.6 Å². The molecule has 2 N–H and O–H groups in total. The Balaban J connectivity index is 2.43. The van der Waals surface area contributed by atoms with Crippen LogP contribution < -0.4 is 10.1 Å². The number of hydrogen-bond acceptors (Lipinski definition) is 2. The minimum Gasteiger partial charge on any atom is -0.495 e. The molecule has 0 spiro atoms. The average Bonchev–Trinajstić information content (AvgIpc) is 2.62. The van der Waals surface area contributed by atoms with Crippen LogP contribution in [0.3, 0.4) is 0 Å². The number of aromatic amines is 1. The number of hydrogen-bond donors (Lipinski definition) is 2. The van der Waals surface area contributed by atoms with Gasteiger partial charge in [-0.15, -0.1) is 0 Å². The lowest BCUT2D eigenvalue weighted by atomic mass is 10.1. The number of methoxy groups -OCH3 is 1. The number of aryl methyl sites for hydroxylation is 1. The van der Waals surface area contributed by atoms with Crippen LogP contribution in [0.5, 0.6) is 5.75 Å². The molecule has 0 saturated carbocycles. The van der Waals surface area contributed by atoms with Crippen molar-refractivity contribution in [3.63, 3.8) is 0 Å². The zero-order valence-electron chi connectivity index (χ0n) is 11.2. The first-order valence-electron chi connectivity index (χ1n) is 6.11. The third-order valence-electron chi connectivity index (χ3n) is 3.12. The second-order valence-corrected chi connectivity index (χ2v) is 5.20. The van der Waals surface area contributed by atoms with Crippen LogP contribution in [0.4, 0.5) is 0 Å². The van der Waals surface area contributed by atoms with Gasteiger partial charge < -0.3 is 15.0 Å². The van der Waals surface area contributed by atoms with E-state index in [1.165, 1.54) is 11.3 Å². The predicted molar refractivity (Wildman–Crippen MR) is 76.6 cm³/mol. The molecule has 2 rings (SSSR count). The number of rotatable bonds is 4. The van der Waals surface area contributed by atoms with Crippen LogP contribution in [0.15, 0.2) is 12.1 Å². The molecule has 2 aromatic rings. The van der Waals surface area contributed by atoms with Gasteiger partial charge >= 0.3 is 0 Å². The Morgan fingerprint density at radius 2 is 2.11 bits per heavy atom. The summed E-state index contributed by atoms with van der Waals surface area (Å²) in [6.45, 7) is 7.22. The third kappa shape index (κ3) is 2.47. The van der Waals surface area contributed by atoms with Crippen LogP contribution in [0.2, 0.25) is 5.02 Å². The molecule has 0 aliphatic heterocycles. The summed E-state index contributed by atoms with van der Waals surface area (Å²) in [7, 11) is 1.64. The number of benzene rings is 1. The third-order valence-corrected chi connectivity index (χ3v) is 3.42. The van der Waals surface area contributed by atoms with E-state index in [1.54, 1.807) is 7.11 Å². The summed E-state index contributed by atoms with van der Waals surface area (Å²) < 4.78 is 5.25. The number of aromatic nitrogens is 1. The standard InChI is InChI=1S/C14H19ClN2O/c1-8(2)16-7-13-9(3)10-5-14(18-4)11(15)6-12(10)17-13/h5-6,8,16-17H,7H2,1-4H3. The summed E-state index contributed by atoms with van der Waals surface area (Å²) in [5, 5.41) is 5.21.